The monoisotopic (exact) mass is 1280 g/mol. The minimum Gasteiger partial charge on any atom is -0.458 e. The summed E-state index contributed by atoms with van der Waals surface area (Å²) in [5.74, 6) is -11.9. The molecule has 0 unspecified atom stereocenters. The zero-order valence-corrected chi connectivity index (χ0v) is 55.0. The number of cyclic esters (lactones) is 1. The van der Waals surface area contributed by atoms with Gasteiger partial charge in [-0.2, -0.15) is 0 Å². The second-order valence-corrected chi connectivity index (χ2v) is 23.6. The molecule has 1 aliphatic rings. The Kier molecular flexibility index (Phi) is 35.2. The number of hydrogen-bond donors (Lipinski definition) is 18. The van der Waals surface area contributed by atoms with Crippen molar-refractivity contribution in [2.24, 2.45) is 35.1 Å². The molecule has 1 aromatic rings. The highest BCUT2D eigenvalue weighted by Gasteiger charge is 2.41. The van der Waals surface area contributed by atoms with Crippen LogP contribution >= 0.6 is 0 Å². The second kappa shape index (κ2) is 40.6. The molecule has 10 amide bonds. The summed E-state index contributed by atoms with van der Waals surface area (Å²) in [5.41, 5.74) is 11.9. The van der Waals surface area contributed by atoms with Gasteiger partial charge < -0.3 is 90.4 Å². The Morgan fingerprint density at radius 1 is 0.582 bits per heavy atom. The van der Waals surface area contributed by atoms with Crippen LogP contribution in [0.15, 0.2) is 30.3 Å². The van der Waals surface area contributed by atoms with Gasteiger partial charge >= 0.3 is 5.97 Å². The van der Waals surface area contributed by atoms with Crippen LogP contribution in [0.5, 0.6) is 0 Å². The lowest BCUT2D eigenvalue weighted by Gasteiger charge is -2.31. The summed E-state index contributed by atoms with van der Waals surface area (Å²) >= 11 is 0. The molecule has 1 fully saturated rings. The van der Waals surface area contributed by atoms with Crippen molar-refractivity contribution < 1.29 is 62.6 Å². The minimum atomic E-state index is -1.79. The smallest absolute Gasteiger partial charge is 0.329 e. The number of benzene rings is 1. The largest absolute Gasteiger partial charge is 0.458 e. The van der Waals surface area contributed by atoms with E-state index in [0.717, 1.165) is 5.56 Å². The predicted molar refractivity (Wildman–Crippen MR) is 342 cm³/mol. The van der Waals surface area contributed by atoms with Gasteiger partial charge in [-0.15, -0.1) is 0 Å². The number of ether oxygens (including phenoxy) is 1. The number of carbonyl (C=O) groups excluding carboxylic acids is 11. The van der Waals surface area contributed by atoms with Gasteiger partial charge in [0.25, 0.3) is 0 Å². The Balaban J connectivity index is 2.52. The maximum atomic E-state index is 14.6. The predicted octanol–water partition coefficient (Wildman–Crippen LogP) is -1.87. The summed E-state index contributed by atoms with van der Waals surface area (Å²) in [7, 11) is 1.63. The van der Waals surface area contributed by atoms with Gasteiger partial charge in [-0.1, -0.05) is 125 Å². The number of hydrogen-bond acceptors (Lipinski definition) is 16. The van der Waals surface area contributed by atoms with Gasteiger partial charge in [0.1, 0.15) is 66.5 Å². The number of guanidine groups is 2. The molecule has 1 aromatic carbocycles. The third-order valence-corrected chi connectivity index (χ3v) is 16.5. The van der Waals surface area contributed by atoms with E-state index in [1.165, 1.54) is 13.8 Å². The molecule has 30 nitrogen and oxygen atoms in total. The number of aliphatic hydroxyl groups is 1. The summed E-state index contributed by atoms with van der Waals surface area (Å²) in [4.78, 5) is 155. The summed E-state index contributed by atoms with van der Waals surface area (Å²) in [6.07, 6.45) is 1.23. The van der Waals surface area contributed by atoms with E-state index in [1.54, 1.807) is 62.4 Å². The van der Waals surface area contributed by atoms with Gasteiger partial charge in [-0.25, -0.2) is 4.79 Å². The van der Waals surface area contributed by atoms with Crippen LogP contribution in [0.2, 0.25) is 0 Å². The zero-order valence-electron chi connectivity index (χ0n) is 55.0. The number of esters is 1. The van der Waals surface area contributed by atoms with Crippen LogP contribution in [-0.4, -0.2) is 181 Å². The molecule has 20 N–H and O–H groups in total. The third kappa shape index (κ3) is 26.3. The SMILES string of the molecule is CCC[C@@H]1NC(=O)[C@H](C)NC(=O)[C@H](NC(=O)[C@H](CO)NC(=O)[C@@H](NC(=O)[C@H](NC(=O)[C@@H](CCCNC(=N)N)NC(=O)[C@H](CCCNC(=N)N)NC(=O)[C@@H](NC(=O)[C@@H](Cc2ccccc2)NC)[C@@H](C)CC)[C@H](C)CC)[C@@H](C)CC)[C@H](C)OC(=O)[C@H]([C@@H](C)CC)NC1=O. The lowest BCUT2D eigenvalue weighted by atomic mass is 9.94. The van der Waals surface area contributed by atoms with Crippen molar-refractivity contribution in [2.45, 2.75) is 219 Å². The van der Waals surface area contributed by atoms with Crippen molar-refractivity contribution in [1.29, 1.82) is 10.8 Å². The molecule has 0 radical (unpaired) electrons. The number of aliphatic hydroxyl groups excluding tert-OH is 1. The molecule has 30 heteroatoms. The fourth-order valence-electron chi connectivity index (χ4n) is 9.74. The molecule has 0 bridgehead atoms. The molecule has 1 saturated heterocycles. The first-order valence-corrected chi connectivity index (χ1v) is 31.7. The van der Waals surface area contributed by atoms with Crippen molar-refractivity contribution in [3.63, 3.8) is 0 Å². The molecule has 1 aliphatic heterocycles. The zero-order chi connectivity index (χ0) is 68.7. The van der Waals surface area contributed by atoms with Crippen LogP contribution in [0.25, 0.3) is 0 Å². The van der Waals surface area contributed by atoms with Gasteiger partial charge in [-0.3, -0.25) is 58.8 Å². The van der Waals surface area contributed by atoms with Crippen molar-refractivity contribution in [3.8, 4) is 0 Å². The van der Waals surface area contributed by atoms with Gasteiger partial charge in [-0.05, 0) is 88.7 Å². The highest BCUT2D eigenvalue weighted by Crippen LogP contribution is 2.18. The maximum absolute atomic E-state index is 14.6. The number of amides is 10. The van der Waals surface area contributed by atoms with Gasteiger partial charge in [0, 0.05) is 13.1 Å². The number of carbonyl (C=O) groups is 11. The topological polar surface area (TPSA) is 473 Å². The summed E-state index contributed by atoms with van der Waals surface area (Å²) in [6.45, 7) is 17.5. The van der Waals surface area contributed by atoms with Crippen LogP contribution in [-0.2, 0) is 63.9 Å². The van der Waals surface area contributed by atoms with E-state index in [-0.39, 0.29) is 63.5 Å². The molecular formula is C61H105N17O13. The van der Waals surface area contributed by atoms with E-state index in [9.17, 15) is 57.8 Å². The summed E-state index contributed by atoms with van der Waals surface area (Å²) in [6, 6.07) is -5.13. The Hall–Kier alpha value is -8.15. The normalized spacial score (nSPS) is 20.7. The molecule has 0 aliphatic carbocycles. The molecule has 1 heterocycles. The molecule has 0 saturated carbocycles. The quantitative estimate of drug-likeness (QED) is 0.0152. The van der Waals surface area contributed by atoms with Gasteiger partial charge in [0.2, 0.25) is 59.1 Å². The van der Waals surface area contributed by atoms with E-state index in [0.29, 0.717) is 32.1 Å². The second-order valence-electron chi connectivity index (χ2n) is 23.6. The fourth-order valence-corrected chi connectivity index (χ4v) is 9.74. The third-order valence-electron chi connectivity index (χ3n) is 16.5. The molecular weight excluding hydrogens is 1180 g/mol. The van der Waals surface area contributed by atoms with E-state index < -0.39 is 168 Å². The van der Waals surface area contributed by atoms with E-state index in [2.05, 4.69) is 69.1 Å². The molecule has 0 aromatic heterocycles. The number of nitrogens with one attached hydrogen (secondary N) is 15. The van der Waals surface area contributed by atoms with Crippen LogP contribution < -0.4 is 80.6 Å². The Labute approximate surface area is 534 Å². The molecule has 0 spiro atoms. The van der Waals surface area contributed by atoms with Crippen LogP contribution in [0.3, 0.4) is 0 Å². The molecule has 91 heavy (non-hydrogen) atoms. The number of rotatable bonds is 36. The lowest BCUT2D eigenvalue weighted by molar-refractivity contribution is -0.157. The number of nitrogens with two attached hydrogens (primary N) is 2. The van der Waals surface area contributed by atoms with Crippen LogP contribution in [0.1, 0.15) is 146 Å². The molecule has 512 valence electrons. The first-order chi connectivity index (χ1) is 43.0. The summed E-state index contributed by atoms with van der Waals surface area (Å²) < 4.78 is 5.72. The minimum absolute atomic E-state index is 0.0353. The van der Waals surface area contributed by atoms with Crippen molar-refractivity contribution in [2.75, 3.05) is 26.7 Å². The molecule has 2 rings (SSSR count). The highest BCUT2D eigenvalue weighted by molar-refractivity contribution is 5.99. The van der Waals surface area contributed by atoms with Crippen LogP contribution in [0, 0.1) is 34.5 Å². The molecule has 16 atom stereocenters. The Morgan fingerprint density at radius 2 is 1.03 bits per heavy atom. The lowest BCUT2D eigenvalue weighted by Crippen LogP contribution is -2.63. The maximum Gasteiger partial charge on any atom is 0.329 e. The van der Waals surface area contributed by atoms with Crippen molar-refractivity contribution in [3.05, 3.63) is 35.9 Å². The first-order valence-electron chi connectivity index (χ1n) is 31.7. The van der Waals surface area contributed by atoms with E-state index >= 15 is 0 Å². The standard InChI is InChI=1S/C61H105N17O13/c1-13-23-39-51(82)77-47(35(9)17-5)59(90)91-37(11)48(58(89)69-36(10)49(80)70-39)78-54(85)43(31-79)73-56(87)45(33(7)15-3)76-57(88)46(34(8)16-4)74-52(83)41(27-22-29-68-61(64)65)71-50(81)40(26-21-28-67-60(62)63)72-55(86)44(32(6)14-2)75-53(84)42(66-12)30-38-24-19-18-20-25-38/h18-20,24-25,32-37,39-48,66,79H,13-17,21-23,26-31H2,1-12H3,(H,69,89)(H,70,80)(H,71,81)(H,72,86)(H,73,87)(H,74,83)(H,75,84)(H,76,88)(H,77,82)(H,78,85)(H4,62,63,67)(H4,64,65,68)/t32-,33-,34+,35-,36-,37-,39-,40-,41+,42+,43-,44-,45-,46+,47-,48+/m0/s1. The van der Waals surface area contributed by atoms with Gasteiger partial charge in [0.05, 0.1) is 12.6 Å². The van der Waals surface area contributed by atoms with Crippen LogP contribution in [0.4, 0.5) is 0 Å². The Bertz CT molecular complexity index is 2600. The number of likely N-dealkylation sites (N-methyl/N-ethyl adjacent to an activating group) is 1. The summed E-state index contributed by atoms with van der Waals surface area (Å²) in [5, 5.41) is 60.7. The average Bonchev–Trinajstić information content (AvgIpc) is 2.18. The first kappa shape index (κ1) is 78.9. The average molecular weight is 1280 g/mol. The van der Waals surface area contributed by atoms with Crippen molar-refractivity contribution >= 4 is 77.0 Å². The fraction of sp³-hybridized carbons (Fsp3) is 0.689. The highest BCUT2D eigenvalue weighted by atomic mass is 16.5. The van der Waals surface area contributed by atoms with Gasteiger partial charge in [0.15, 0.2) is 11.9 Å². The van der Waals surface area contributed by atoms with E-state index in [4.69, 9.17) is 27.0 Å². The van der Waals surface area contributed by atoms with Crippen molar-refractivity contribution in [1.82, 2.24) is 69.1 Å². The Morgan fingerprint density at radius 3 is 1.48 bits per heavy atom. The van der Waals surface area contributed by atoms with E-state index in [1.807, 2.05) is 37.3 Å².